The minimum atomic E-state index is -4.38. The van der Waals surface area contributed by atoms with Crippen molar-refractivity contribution < 1.29 is 32.5 Å². The molecule has 0 aromatic heterocycles. The van der Waals surface area contributed by atoms with Crippen molar-refractivity contribution in [3.05, 3.63) is 118 Å². The van der Waals surface area contributed by atoms with E-state index in [9.17, 15) is 18.3 Å². The Bertz CT molecular complexity index is 1430. The molecule has 7 heteroatoms. The van der Waals surface area contributed by atoms with Gasteiger partial charge in [0.15, 0.2) is 5.60 Å². The van der Waals surface area contributed by atoms with Crippen LogP contribution in [0.15, 0.2) is 84.9 Å². The summed E-state index contributed by atoms with van der Waals surface area (Å²) in [5.41, 5.74) is 2.70. The molecule has 0 radical (unpaired) electrons. The molecule has 1 atom stereocenters. The van der Waals surface area contributed by atoms with E-state index >= 15 is 0 Å². The van der Waals surface area contributed by atoms with E-state index in [0.717, 1.165) is 34.4 Å². The first-order valence-corrected chi connectivity index (χ1v) is 11.0. The third kappa shape index (κ3) is 3.51. The van der Waals surface area contributed by atoms with Gasteiger partial charge in [-0.3, -0.25) is 0 Å². The van der Waals surface area contributed by atoms with Crippen molar-refractivity contribution in [3.63, 3.8) is 0 Å². The summed E-state index contributed by atoms with van der Waals surface area (Å²) in [6.07, 6.45) is -4.38. The topological polar surface area (TPSA) is 47.9 Å². The monoisotopic (exact) mass is 476 g/mol. The number of hydrogen-bond acceptors (Lipinski definition) is 4. The van der Waals surface area contributed by atoms with E-state index in [1.54, 1.807) is 24.3 Å². The Morgan fingerprint density at radius 3 is 2.31 bits per heavy atom. The van der Waals surface area contributed by atoms with Gasteiger partial charge >= 0.3 is 6.18 Å². The van der Waals surface area contributed by atoms with Crippen LogP contribution in [-0.2, 0) is 29.7 Å². The molecule has 2 heterocycles. The average molecular weight is 476 g/mol. The predicted molar refractivity (Wildman–Crippen MR) is 122 cm³/mol. The molecule has 0 saturated carbocycles. The van der Waals surface area contributed by atoms with Crippen LogP contribution in [0.25, 0.3) is 0 Å². The number of ether oxygens (including phenoxy) is 3. The number of phenolic OH excluding ortho intramolecular Hbond substituents is 1. The fourth-order valence-electron chi connectivity index (χ4n) is 4.77. The number of phenols is 1. The lowest BCUT2D eigenvalue weighted by Gasteiger charge is -2.37. The normalized spacial score (nSPS) is 17.9. The fourth-order valence-corrected chi connectivity index (χ4v) is 4.77. The summed E-state index contributed by atoms with van der Waals surface area (Å²) in [7, 11) is 0. The molecule has 4 nitrogen and oxygen atoms in total. The van der Waals surface area contributed by atoms with Crippen LogP contribution < -0.4 is 9.47 Å². The zero-order valence-electron chi connectivity index (χ0n) is 18.3. The molecule has 1 unspecified atom stereocenters. The van der Waals surface area contributed by atoms with Gasteiger partial charge in [0.2, 0.25) is 0 Å². The lowest BCUT2D eigenvalue weighted by atomic mass is 9.77. The van der Waals surface area contributed by atoms with Crippen LogP contribution in [0.5, 0.6) is 23.0 Å². The molecule has 6 rings (SSSR count). The highest BCUT2D eigenvalue weighted by Crippen LogP contribution is 2.57. The number of fused-ring (bicyclic) bond motifs is 6. The van der Waals surface area contributed by atoms with Gasteiger partial charge in [-0.15, -0.1) is 0 Å². The van der Waals surface area contributed by atoms with Gasteiger partial charge in [0.05, 0.1) is 12.2 Å². The van der Waals surface area contributed by atoms with Gasteiger partial charge in [-0.05, 0) is 53.1 Å². The van der Waals surface area contributed by atoms with Crippen LogP contribution in [0.1, 0.15) is 33.4 Å². The molecule has 2 aliphatic rings. The molecule has 2 aliphatic heterocycles. The predicted octanol–water partition coefficient (Wildman–Crippen LogP) is 6.92. The molecule has 0 fully saturated rings. The highest BCUT2D eigenvalue weighted by atomic mass is 19.4. The first kappa shape index (κ1) is 21.6. The molecule has 0 amide bonds. The Kier molecular flexibility index (Phi) is 4.79. The molecule has 35 heavy (non-hydrogen) atoms. The number of aromatic hydroxyl groups is 1. The zero-order valence-corrected chi connectivity index (χ0v) is 18.3. The number of hydrogen-bond donors (Lipinski definition) is 1. The van der Waals surface area contributed by atoms with Crippen molar-refractivity contribution in [1.82, 2.24) is 0 Å². The van der Waals surface area contributed by atoms with Gasteiger partial charge in [-0.25, -0.2) is 0 Å². The van der Waals surface area contributed by atoms with E-state index in [1.165, 1.54) is 12.1 Å². The second-order valence-corrected chi connectivity index (χ2v) is 8.55. The summed E-state index contributed by atoms with van der Waals surface area (Å²) in [4.78, 5) is 0. The average Bonchev–Trinajstić information content (AvgIpc) is 3.22. The van der Waals surface area contributed by atoms with Gasteiger partial charge in [0.25, 0.3) is 0 Å². The van der Waals surface area contributed by atoms with Crippen molar-refractivity contribution in [2.24, 2.45) is 0 Å². The molecule has 4 aromatic carbocycles. The van der Waals surface area contributed by atoms with Crippen LogP contribution in [-0.4, -0.2) is 5.11 Å². The second kappa shape index (κ2) is 7.78. The molecule has 0 saturated heterocycles. The van der Waals surface area contributed by atoms with Crippen LogP contribution in [0.4, 0.5) is 13.2 Å². The molecule has 176 valence electrons. The lowest BCUT2D eigenvalue weighted by molar-refractivity contribution is -0.137. The molecule has 0 bridgehead atoms. The quantitative estimate of drug-likeness (QED) is 0.349. The Morgan fingerprint density at radius 2 is 1.54 bits per heavy atom. The number of halogens is 3. The summed E-state index contributed by atoms with van der Waals surface area (Å²) < 4.78 is 56.9. The second-order valence-electron chi connectivity index (χ2n) is 8.55. The van der Waals surface area contributed by atoms with Crippen LogP contribution in [0.2, 0.25) is 0 Å². The van der Waals surface area contributed by atoms with Gasteiger partial charge < -0.3 is 19.3 Å². The fraction of sp³-hybridized carbons (Fsp3) is 0.143. The summed E-state index contributed by atoms with van der Waals surface area (Å²) in [5, 5.41) is 10.1. The van der Waals surface area contributed by atoms with E-state index in [0.29, 0.717) is 29.4 Å². The maximum Gasteiger partial charge on any atom is 0.416 e. The molecule has 1 N–H and O–H groups in total. The van der Waals surface area contributed by atoms with Crippen molar-refractivity contribution in [1.29, 1.82) is 0 Å². The number of alkyl halides is 3. The Labute approximate surface area is 199 Å². The summed E-state index contributed by atoms with van der Waals surface area (Å²) in [6.45, 7) is 0.529. The molecular weight excluding hydrogens is 457 g/mol. The summed E-state index contributed by atoms with van der Waals surface area (Å²) in [6, 6.07) is 23.3. The minimum absolute atomic E-state index is 0.0725. The van der Waals surface area contributed by atoms with Crippen molar-refractivity contribution in [2.75, 3.05) is 0 Å². The van der Waals surface area contributed by atoms with Crippen molar-refractivity contribution in [2.45, 2.75) is 25.0 Å². The van der Waals surface area contributed by atoms with Gasteiger partial charge in [0.1, 0.15) is 29.6 Å². The minimum Gasteiger partial charge on any atom is -0.508 e. The lowest BCUT2D eigenvalue weighted by Crippen LogP contribution is -2.32. The Balaban J connectivity index is 1.35. The molecule has 1 spiro atoms. The maximum absolute atomic E-state index is 12.8. The van der Waals surface area contributed by atoms with Gasteiger partial charge in [-0.1, -0.05) is 36.4 Å². The van der Waals surface area contributed by atoms with Crippen molar-refractivity contribution in [3.8, 4) is 23.0 Å². The van der Waals surface area contributed by atoms with Crippen LogP contribution in [0.3, 0.4) is 0 Å². The van der Waals surface area contributed by atoms with Crippen LogP contribution >= 0.6 is 0 Å². The maximum atomic E-state index is 12.8. The molecule has 0 aliphatic carbocycles. The SMILES string of the molecule is Oc1ccc2c(c1)Oc1cc(OCc3ccc(C(F)(F)F)cc3)ccc1C21OCc2ccccc21. The zero-order chi connectivity index (χ0) is 24.2. The first-order valence-electron chi connectivity index (χ1n) is 11.0. The highest BCUT2D eigenvalue weighted by Gasteiger charge is 2.49. The summed E-state index contributed by atoms with van der Waals surface area (Å²) >= 11 is 0. The molecular formula is C28H19F3O4. The van der Waals surface area contributed by atoms with E-state index < -0.39 is 17.3 Å². The largest absolute Gasteiger partial charge is 0.508 e. The van der Waals surface area contributed by atoms with Crippen LogP contribution in [0, 0.1) is 0 Å². The standard InChI is InChI=1S/C28H19F3O4/c29-28(30,31)19-7-5-17(6-8-19)15-33-21-10-12-24-26(14-21)35-25-13-20(32)9-11-23(25)27(24)22-4-2-1-3-18(22)16-34-27/h1-14,32H,15-16H2. The van der Waals surface area contributed by atoms with E-state index in [1.807, 2.05) is 36.4 Å². The summed E-state index contributed by atoms with van der Waals surface area (Å²) in [5.74, 6) is 1.57. The smallest absolute Gasteiger partial charge is 0.416 e. The molecule has 4 aromatic rings. The Hall–Kier alpha value is -3.97. The third-order valence-electron chi connectivity index (χ3n) is 6.42. The van der Waals surface area contributed by atoms with Crippen molar-refractivity contribution >= 4 is 0 Å². The van der Waals surface area contributed by atoms with E-state index in [4.69, 9.17) is 14.2 Å². The first-order chi connectivity index (χ1) is 16.8. The number of benzene rings is 4. The van der Waals surface area contributed by atoms with E-state index in [-0.39, 0.29) is 12.4 Å². The van der Waals surface area contributed by atoms with Gasteiger partial charge in [-0.2, -0.15) is 13.2 Å². The Morgan fingerprint density at radius 1 is 0.829 bits per heavy atom. The number of rotatable bonds is 3. The van der Waals surface area contributed by atoms with E-state index in [2.05, 4.69) is 0 Å². The highest BCUT2D eigenvalue weighted by molar-refractivity contribution is 5.65. The van der Waals surface area contributed by atoms with Gasteiger partial charge in [0, 0.05) is 23.3 Å². The third-order valence-corrected chi connectivity index (χ3v) is 6.42.